The molecule has 0 saturated heterocycles. The van der Waals surface area contributed by atoms with Crippen LogP contribution in [0.15, 0.2) is 29.6 Å². The summed E-state index contributed by atoms with van der Waals surface area (Å²) in [5.74, 6) is 0.424. The predicted octanol–water partition coefficient (Wildman–Crippen LogP) is 4.04. The molecule has 0 bridgehead atoms. The summed E-state index contributed by atoms with van der Waals surface area (Å²) < 4.78 is 0. The van der Waals surface area contributed by atoms with Crippen LogP contribution < -0.4 is 5.32 Å². The van der Waals surface area contributed by atoms with Crippen LogP contribution in [0.25, 0.3) is 0 Å². The molecule has 0 spiro atoms. The Morgan fingerprint density at radius 3 is 2.46 bits per heavy atom. The zero-order valence-electron chi connectivity index (χ0n) is 15.0. The monoisotopic (exact) mass is 345 g/mol. The van der Waals surface area contributed by atoms with Crippen LogP contribution in [-0.4, -0.2) is 28.9 Å². The van der Waals surface area contributed by atoms with Crippen LogP contribution in [0.4, 0.5) is 0 Å². The van der Waals surface area contributed by atoms with E-state index in [-0.39, 0.29) is 5.91 Å². The first-order valence-corrected chi connectivity index (χ1v) is 9.45. The van der Waals surface area contributed by atoms with E-state index in [4.69, 9.17) is 0 Å². The van der Waals surface area contributed by atoms with E-state index in [1.807, 2.05) is 24.3 Å². The smallest absolute Gasteiger partial charge is 0.251 e. The van der Waals surface area contributed by atoms with Crippen LogP contribution in [0.1, 0.15) is 60.2 Å². The van der Waals surface area contributed by atoms with Crippen molar-refractivity contribution in [2.24, 2.45) is 0 Å². The molecule has 2 aromatic rings. The van der Waals surface area contributed by atoms with Gasteiger partial charge in [0, 0.05) is 17.5 Å². The summed E-state index contributed by atoms with van der Waals surface area (Å²) >= 11 is 1.60. The lowest BCUT2D eigenvalue weighted by molar-refractivity contribution is 0.0951. The zero-order valence-corrected chi connectivity index (χ0v) is 15.8. The first-order chi connectivity index (χ1) is 11.5. The molecule has 1 aromatic carbocycles. The molecule has 4 nitrogen and oxygen atoms in total. The molecule has 0 atom stereocenters. The Balaban J connectivity index is 1.88. The lowest BCUT2D eigenvalue weighted by atomic mass is 10.0. The molecule has 0 radical (unpaired) electrons. The average Bonchev–Trinajstić information content (AvgIpc) is 3.05. The third-order valence-electron chi connectivity index (χ3n) is 4.12. The van der Waals surface area contributed by atoms with Gasteiger partial charge < -0.3 is 5.32 Å². The summed E-state index contributed by atoms with van der Waals surface area (Å²) in [6, 6.07) is 7.81. The van der Waals surface area contributed by atoms with Crippen LogP contribution in [0.2, 0.25) is 0 Å². The van der Waals surface area contributed by atoms with Gasteiger partial charge in [-0.2, -0.15) is 0 Å². The highest BCUT2D eigenvalue weighted by molar-refractivity contribution is 7.09. The van der Waals surface area contributed by atoms with Crippen molar-refractivity contribution in [1.82, 2.24) is 15.2 Å². The zero-order chi connectivity index (χ0) is 17.5. The highest BCUT2D eigenvalue weighted by Crippen LogP contribution is 2.15. The van der Waals surface area contributed by atoms with E-state index in [1.54, 1.807) is 11.3 Å². The molecule has 0 saturated carbocycles. The first-order valence-electron chi connectivity index (χ1n) is 8.57. The fraction of sp³-hybridized carbons (Fsp3) is 0.474. The number of nitrogens with zero attached hydrogens (tertiary/aromatic N) is 2. The van der Waals surface area contributed by atoms with Gasteiger partial charge in [-0.3, -0.25) is 9.69 Å². The Hall–Kier alpha value is -1.72. The van der Waals surface area contributed by atoms with Crippen LogP contribution >= 0.6 is 11.3 Å². The second-order valence-electron chi connectivity index (χ2n) is 6.15. The van der Waals surface area contributed by atoms with Gasteiger partial charge in [-0.1, -0.05) is 39.8 Å². The minimum Gasteiger partial charge on any atom is -0.346 e. The lowest BCUT2D eigenvalue weighted by Gasteiger charge is -2.15. The van der Waals surface area contributed by atoms with Crippen molar-refractivity contribution < 1.29 is 4.79 Å². The summed E-state index contributed by atoms with van der Waals surface area (Å²) in [4.78, 5) is 19.2. The fourth-order valence-corrected chi connectivity index (χ4v) is 3.18. The number of hydrogen-bond donors (Lipinski definition) is 1. The maximum absolute atomic E-state index is 12.2. The third kappa shape index (κ3) is 5.14. The molecule has 1 amide bonds. The van der Waals surface area contributed by atoms with E-state index in [0.29, 0.717) is 18.0 Å². The number of hydrogen-bond acceptors (Lipinski definition) is 4. The summed E-state index contributed by atoms with van der Waals surface area (Å²) in [6.07, 6.45) is 0. The van der Waals surface area contributed by atoms with Gasteiger partial charge in [-0.25, -0.2) is 4.98 Å². The first kappa shape index (κ1) is 18.6. The van der Waals surface area contributed by atoms with E-state index in [2.05, 4.69) is 48.3 Å². The highest BCUT2D eigenvalue weighted by atomic mass is 32.1. The van der Waals surface area contributed by atoms with E-state index < -0.39 is 0 Å². The molecule has 0 aliphatic rings. The molecule has 2 rings (SSSR count). The normalized spacial score (nSPS) is 11.2. The van der Waals surface area contributed by atoms with Gasteiger partial charge in [-0.05, 0) is 36.7 Å². The molecule has 24 heavy (non-hydrogen) atoms. The molecule has 1 heterocycles. The number of amides is 1. The molecular weight excluding hydrogens is 318 g/mol. The highest BCUT2D eigenvalue weighted by Gasteiger charge is 2.09. The Kier molecular flexibility index (Phi) is 6.94. The van der Waals surface area contributed by atoms with Crippen LogP contribution in [0.5, 0.6) is 0 Å². The van der Waals surface area contributed by atoms with Crippen LogP contribution in [0, 0.1) is 0 Å². The SMILES string of the molecule is CCN(CC)Cc1csc(CNC(=O)c2ccc(C(C)C)cc2)n1. The standard InChI is InChI=1S/C19H27N3OS/c1-5-22(6-2)12-17-13-24-18(21-17)11-20-19(23)16-9-7-15(8-10-16)14(3)4/h7-10,13-14H,5-6,11-12H2,1-4H3,(H,20,23). The Morgan fingerprint density at radius 2 is 1.88 bits per heavy atom. The van der Waals surface area contributed by atoms with Gasteiger partial charge in [0.25, 0.3) is 5.91 Å². The van der Waals surface area contributed by atoms with E-state index >= 15 is 0 Å². The maximum Gasteiger partial charge on any atom is 0.251 e. The van der Waals surface area contributed by atoms with Crippen molar-refractivity contribution in [3.8, 4) is 0 Å². The Bertz CT molecular complexity index is 645. The van der Waals surface area contributed by atoms with Gasteiger partial charge in [-0.15, -0.1) is 11.3 Å². The van der Waals surface area contributed by atoms with Crippen LogP contribution in [-0.2, 0) is 13.1 Å². The number of carbonyl (C=O) groups is 1. The van der Waals surface area contributed by atoms with Gasteiger partial charge in [0.2, 0.25) is 0 Å². The minimum atomic E-state index is -0.0502. The molecule has 5 heteroatoms. The summed E-state index contributed by atoms with van der Waals surface area (Å²) in [5, 5.41) is 5.98. The van der Waals surface area contributed by atoms with Crippen molar-refractivity contribution >= 4 is 17.2 Å². The van der Waals surface area contributed by atoms with E-state index in [0.717, 1.165) is 30.3 Å². The van der Waals surface area contributed by atoms with E-state index in [1.165, 1.54) is 5.56 Å². The van der Waals surface area contributed by atoms with Crippen molar-refractivity contribution in [3.05, 3.63) is 51.5 Å². The molecule has 130 valence electrons. The number of carbonyl (C=O) groups excluding carboxylic acids is 1. The third-order valence-corrected chi connectivity index (χ3v) is 5.02. The van der Waals surface area contributed by atoms with Crippen molar-refractivity contribution in [1.29, 1.82) is 0 Å². The number of aromatic nitrogens is 1. The lowest BCUT2D eigenvalue weighted by Crippen LogP contribution is -2.23. The topological polar surface area (TPSA) is 45.2 Å². The Labute approximate surface area is 148 Å². The average molecular weight is 346 g/mol. The van der Waals surface area contributed by atoms with Crippen molar-refractivity contribution in [2.75, 3.05) is 13.1 Å². The molecular formula is C19H27N3OS. The van der Waals surface area contributed by atoms with Gasteiger partial charge in [0.1, 0.15) is 5.01 Å². The van der Waals surface area contributed by atoms with Crippen molar-refractivity contribution in [3.63, 3.8) is 0 Å². The molecule has 0 aliphatic carbocycles. The second kappa shape index (κ2) is 8.94. The molecule has 0 aliphatic heterocycles. The number of rotatable bonds is 8. The number of thiazole rings is 1. The van der Waals surface area contributed by atoms with E-state index in [9.17, 15) is 4.79 Å². The molecule has 0 fully saturated rings. The predicted molar refractivity (Wildman–Crippen MR) is 100 cm³/mol. The van der Waals surface area contributed by atoms with Crippen molar-refractivity contribution in [2.45, 2.75) is 46.7 Å². The maximum atomic E-state index is 12.2. The largest absolute Gasteiger partial charge is 0.346 e. The van der Waals surface area contributed by atoms with Crippen LogP contribution in [0.3, 0.4) is 0 Å². The molecule has 1 N–H and O–H groups in total. The van der Waals surface area contributed by atoms with Gasteiger partial charge in [0.05, 0.1) is 12.2 Å². The van der Waals surface area contributed by atoms with Gasteiger partial charge >= 0.3 is 0 Å². The second-order valence-corrected chi connectivity index (χ2v) is 7.10. The summed E-state index contributed by atoms with van der Waals surface area (Å²) in [7, 11) is 0. The number of benzene rings is 1. The summed E-state index contributed by atoms with van der Waals surface area (Å²) in [6.45, 7) is 12.0. The fourth-order valence-electron chi connectivity index (χ4n) is 2.46. The quantitative estimate of drug-likeness (QED) is 0.785. The molecule has 1 aromatic heterocycles. The summed E-state index contributed by atoms with van der Waals surface area (Å²) in [5.41, 5.74) is 3.01. The number of nitrogens with one attached hydrogen (secondary N) is 1. The minimum absolute atomic E-state index is 0.0502. The molecule has 0 unspecified atom stereocenters. The van der Waals surface area contributed by atoms with Gasteiger partial charge in [0.15, 0.2) is 0 Å². The Morgan fingerprint density at radius 1 is 1.21 bits per heavy atom.